The first-order chi connectivity index (χ1) is 10.2. The number of unbranched alkanes of at least 4 members (excludes halogenated alkanes) is 3. The van der Waals surface area contributed by atoms with E-state index in [-0.39, 0.29) is 4.47 Å². The van der Waals surface area contributed by atoms with E-state index in [0.717, 1.165) is 23.8 Å². The van der Waals surface area contributed by atoms with Gasteiger partial charge in [0.2, 0.25) is 0 Å². The van der Waals surface area contributed by atoms with Gasteiger partial charge in [-0.15, -0.1) is 0 Å². The summed E-state index contributed by atoms with van der Waals surface area (Å²) in [5.41, 5.74) is -4.02. The minimum atomic E-state index is -5.54. The number of alkyl halides is 2. The van der Waals surface area contributed by atoms with Crippen molar-refractivity contribution < 1.29 is 23.1 Å². The fourth-order valence-corrected chi connectivity index (χ4v) is 4.18. The highest BCUT2D eigenvalue weighted by atomic mass is 79.9. The molecule has 0 aliphatic heterocycles. The summed E-state index contributed by atoms with van der Waals surface area (Å²) in [6, 6.07) is 4.07. The van der Waals surface area contributed by atoms with Crippen molar-refractivity contribution in [1.82, 2.24) is 0 Å². The Labute approximate surface area is 142 Å². The molecule has 0 atom stereocenters. The van der Waals surface area contributed by atoms with Gasteiger partial charge in [0.05, 0.1) is 0 Å². The minimum absolute atomic E-state index is 0.0184. The van der Waals surface area contributed by atoms with Crippen LogP contribution in [0.15, 0.2) is 22.7 Å². The molecule has 0 amide bonds. The highest BCUT2D eigenvalue weighted by Gasteiger charge is 2.51. The average Bonchev–Trinajstić information content (AvgIpc) is 2.41. The average molecular weight is 417 g/mol. The van der Waals surface area contributed by atoms with Crippen LogP contribution in [0.25, 0.3) is 0 Å². The fraction of sp³-hybridized carbons (Fsp3) is 0.571. The van der Waals surface area contributed by atoms with Gasteiger partial charge in [-0.2, -0.15) is 20.5 Å². The summed E-state index contributed by atoms with van der Waals surface area (Å²) >= 11 is 4.71. The zero-order valence-corrected chi connectivity index (χ0v) is 15.6. The number of hydrogen-bond donors (Lipinski definition) is 2. The van der Waals surface area contributed by atoms with Crippen molar-refractivity contribution in [3.63, 3.8) is 0 Å². The van der Waals surface area contributed by atoms with Crippen LogP contribution in [-0.2, 0) is 16.0 Å². The minimum Gasteiger partial charge on any atom is -0.320 e. The normalized spacial score (nSPS) is 12.6. The second-order valence-electron chi connectivity index (χ2n) is 5.01. The summed E-state index contributed by atoms with van der Waals surface area (Å²) in [6.45, 7) is 2.15. The summed E-state index contributed by atoms with van der Waals surface area (Å²) in [5, 5.41) is 0. The molecule has 1 aromatic rings. The molecule has 8 heteroatoms. The number of benzene rings is 1. The predicted octanol–water partition coefficient (Wildman–Crippen LogP) is 5.49. The molecule has 0 fully saturated rings. The smallest absolute Gasteiger partial charge is 0.320 e. The highest BCUT2D eigenvalue weighted by Crippen LogP contribution is 2.60. The first-order valence-electron chi connectivity index (χ1n) is 7.00. The molecule has 0 aromatic heterocycles. The SMILES string of the molecule is CCCCCCSCc1ccc(C(F)(F)P(=O)(O)O)c(Br)c1. The number of rotatable bonds is 9. The molecule has 0 spiro atoms. The third kappa shape index (κ3) is 5.60. The highest BCUT2D eigenvalue weighted by molar-refractivity contribution is 9.10. The summed E-state index contributed by atoms with van der Waals surface area (Å²) < 4.78 is 38.3. The Bertz CT molecular complexity index is 537. The van der Waals surface area contributed by atoms with E-state index in [9.17, 15) is 13.3 Å². The Morgan fingerprint density at radius 1 is 1.27 bits per heavy atom. The first kappa shape index (κ1) is 20.1. The van der Waals surface area contributed by atoms with Crippen LogP contribution >= 0.6 is 35.3 Å². The monoisotopic (exact) mass is 416 g/mol. The van der Waals surface area contributed by atoms with Crippen LogP contribution < -0.4 is 0 Å². The van der Waals surface area contributed by atoms with Gasteiger partial charge in [0, 0.05) is 15.8 Å². The van der Waals surface area contributed by atoms with E-state index in [4.69, 9.17) is 9.79 Å². The van der Waals surface area contributed by atoms with Crippen LogP contribution in [0.4, 0.5) is 8.78 Å². The fourth-order valence-electron chi connectivity index (χ4n) is 1.87. The third-order valence-electron chi connectivity index (χ3n) is 3.13. The summed E-state index contributed by atoms with van der Waals surface area (Å²) in [4.78, 5) is 17.5. The van der Waals surface area contributed by atoms with Gasteiger partial charge in [0.15, 0.2) is 0 Å². The van der Waals surface area contributed by atoms with Crippen LogP contribution in [0.2, 0.25) is 0 Å². The standard InChI is InChI=1S/C14H20BrF2O3PS/c1-2-3-4-5-8-22-10-11-6-7-12(13(15)9-11)14(16,17)21(18,19)20/h6-7,9H,2-5,8,10H2,1H3,(H2,18,19,20). The second-order valence-corrected chi connectivity index (χ2v) is 8.62. The quantitative estimate of drug-likeness (QED) is 0.412. The predicted molar refractivity (Wildman–Crippen MR) is 90.4 cm³/mol. The zero-order chi connectivity index (χ0) is 16.8. The van der Waals surface area contributed by atoms with Crippen LogP contribution in [0.5, 0.6) is 0 Å². The van der Waals surface area contributed by atoms with E-state index < -0.39 is 18.8 Å². The van der Waals surface area contributed by atoms with Crippen molar-refractivity contribution in [2.45, 2.75) is 44.0 Å². The Hall–Kier alpha value is 0.0600. The number of halogens is 3. The lowest BCUT2D eigenvalue weighted by Gasteiger charge is -2.19. The van der Waals surface area contributed by atoms with Crippen molar-refractivity contribution in [1.29, 1.82) is 0 Å². The van der Waals surface area contributed by atoms with Gasteiger partial charge in [0.1, 0.15) is 0 Å². The van der Waals surface area contributed by atoms with Gasteiger partial charge < -0.3 is 9.79 Å². The number of thioether (sulfide) groups is 1. The molecule has 1 aromatic carbocycles. The van der Waals surface area contributed by atoms with Crippen LogP contribution in [-0.4, -0.2) is 15.5 Å². The molecule has 0 unspecified atom stereocenters. The van der Waals surface area contributed by atoms with Crippen molar-refractivity contribution in [2.24, 2.45) is 0 Å². The maximum absolute atomic E-state index is 13.7. The third-order valence-corrected chi connectivity index (χ3v) is 5.88. The molecule has 0 aliphatic rings. The van der Waals surface area contributed by atoms with Crippen molar-refractivity contribution in [3.05, 3.63) is 33.8 Å². The van der Waals surface area contributed by atoms with Crippen LogP contribution in [0.1, 0.15) is 43.7 Å². The summed E-state index contributed by atoms with van der Waals surface area (Å²) in [5.74, 6) is 1.70. The number of hydrogen-bond acceptors (Lipinski definition) is 2. The Morgan fingerprint density at radius 3 is 2.50 bits per heavy atom. The zero-order valence-electron chi connectivity index (χ0n) is 12.3. The van der Waals surface area contributed by atoms with Crippen molar-refractivity contribution in [2.75, 3.05) is 5.75 Å². The van der Waals surface area contributed by atoms with Crippen molar-refractivity contribution >= 4 is 35.3 Å². The molecule has 2 N–H and O–H groups in total. The molecular weight excluding hydrogens is 397 g/mol. The maximum Gasteiger partial charge on any atom is 0.399 e. The van der Waals surface area contributed by atoms with E-state index >= 15 is 0 Å². The van der Waals surface area contributed by atoms with Crippen molar-refractivity contribution in [3.8, 4) is 0 Å². The lowest BCUT2D eigenvalue weighted by atomic mass is 10.1. The Kier molecular flexibility index (Phi) is 8.03. The Morgan fingerprint density at radius 2 is 1.95 bits per heavy atom. The van der Waals surface area contributed by atoms with E-state index in [2.05, 4.69) is 22.9 Å². The van der Waals surface area contributed by atoms with Gasteiger partial charge in [-0.1, -0.05) is 54.2 Å². The van der Waals surface area contributed by atoms with Gasteiger partial charge in [-0.05, 0) is 23.8 Å². The van der Waals surface area contributed by atoms with E-state index in [1.165, 1.54) is 31.4 Å². The van der Waals surface area contributed by atoms with E-state index in [1.54, 1.807) is 11.8 Å². The molecular formula is C14H20BrF2O3PS. The first-order valence-corrected chi connectivity index (χ1v) is 10.6. The van der Waals surface area contributed by atoms with Crippen LogP contribution in [0, 0.1) is 0 Å². The molecule has 0 heterocycles. The van der Waals surface area contributed by atoms with Gasteiger partial charge in [0.25, 0.3) is 0 Å². The molecule has 0 radical (unpaired) electrons. The molecule has 22 heavy (non-hydrogen) atoms. The summed E-state index contributed by atoms with van der Waals surface area (Å²) in [7, 11) is -5.54. The van der Waals surface area contributed by atoms with Gasteiger partial charge in [-0.3, -0.25) is 4.57 Å². The molecule has 0 aliphatic carbocycles. The van der Waals surface area contributed by atoms with Crippen LogP contribution in [0.3, 0.4) is 0 Å². The largest absolute Gasteiger partial charge is 0.399 e. The molecule has 1 rings (SSSR count). The molecule has 3 nitrogen and oxygen atoms in total. The molecule has 0 saturated carbocycles. The summed E-state index contributed by atoms with van der Waals surface area (Å²) in [6.07, 6.45) is 4.74. The maximum atomic E-state index is 13.7. The van der Waals surface area contributed by atoms with E-state index in [1.807, 2.05) is 0 Å². The van der Waals surface area contributed by atoms with Gasteiger partial charge >= 0.3 is 13.3 Å². The lowest BCUT2D eigenvalue weighted by molar-refractivity contribution is 0.0557. The lowest BCUT2D eigenvalue weighted by Crippen LogP contribution is -2.14. The van der Waals surface area contributed by atoms with Gasteiger partial charge in [-0.25, -0.2) is 0 Å². The Balaban J connectivity index is 2.65. The topological polar surface area (TPSA) is 57.5 Å². The van der Waals surface area contributed by atoms with E-state index in [0.29, 0.717) is 5.75 Å². The molecule has 126 valence electrons. The molecule has 0 bridgehead atoms. The second kappa shape index (κ2) is 8.78. The molecule has 0 saturated heterocycles.